The van der Waals surface area contributed by atoms with E-state index in [0.29, 0.717) is 11.4 Å². The van der Waals surface area contributed by atoms with Crippen molar-refractivity contribution in [2.75, 3.05) is 16.8 Å². The van der Waals surface area contributed by atoms with Crippen molar-refractivity contribution < 1.29 is 23.9 Å². The number of imide groups is 1. The van der Waals surface area contributed by atoms with Gasteiger partial charge in [-0.05, 0) is 79.6 Å². The Morgan fingerprint density at radius 1 is 1.00 bits per heavy atom. The van der Waals surface area contributed by atoms with E-state index in [0.717, 1.165) is 22.0 Å². The number of anilines is 2. The predicted octanol–water partition coefficient (Wildman–Crippen LogP) is 4.17. The number of nitrogens with zero attached hydrogens (tertiary/aromatic N) is 1. The van der Waals surface area contributed by atoms with Crippen molar-refractivity contribution in [2.45, 2.75) is 20.3 Å². The number of carbonyl (C=O) groups excluding carboxylic acids is 4. The molecule has 2 aromatic rings. The van der Waals surface area contributed by atoms with Crippen molar-refractivity contribution in [3.63, 3.8) is 0 Å². The van der Waals surface area contributed by atoms with Gasteiger partial charge in [-0.1, -0.05) is 28.1 Å². The van der Waals surface area contributed by atoms with Crippen molar-refractivity contribution >= 4 is 51.0 Å². The first kappa shape index (κ1) is 22.5. The summed E-state index contributed by atoms with van der Waals surface area (Å²) in [7, 11) is 0. The molecule has 8 heteroatoms. The number of amides is 3. The van der Waals surface area contributed by atoms with Gasteiger partial charge in [-0.15, -0.1) is 0 Å². The lowest BCUT2D eigenvalue weighted by Crippen LogP contribution is -2.32. The Labute approximate surface area is 205 Å². The maximum absolute atomic E-state index is 12.9. The number of allylic oxidation sites excluding steroid dienone is 2. The summed E-state index contributed by atoms with van der Waals surface area (Å²) >= 11 is 3.48. The summed E-state index contributed by atoms with van der Waals surface area (Å²) in [4.78, 5) is 51.7. The number of aryl methyl sites for hydroxylation is 2. The van der Waals surface area contributed by atoms with Gasteiger partial charge in [0.1, 0.15) is 0 Å². The molecule has 2 bridgehead atoms. The zero-order valence-corrected chi connectivity index (χ0v) is 20.3. The topological polar surface area (TPSA) is 92.8 Å². The average Bonchev–Trinajstić information content (AvgIpc) is 3.49. The van der Waals surface area contributed by atoms with Crippen LogP contribution in [0.4, 0.5) is 11.4 Å². The van der Waals surface area contributed by atoms with Crippen LogP contribution in [0.1, 0.15) is 27.9 Å². The maximum atomic E-state index is 12.9. The second-order valence-electron chi connectivity index (χ2n) is 9.11. The molecule has 34 heavy (non-hydrogen) atoms. The minimum absolute atomic E-state index is 0.141. The van der Waals surface area contributed by atoms with E-state index in [1.54, 1.807) is 12.1 Å². The Hall–Kier alpha value is -3.26. The first-order valence-corrected chi connectivity index (χ1v) is 11.9. The van der Waals surface area contributed by atoms with Gasteiger partial charge in [-0.25, -0.2) is 4.79 Å². The second-order valence-corrected chi connectivity index (χ2v) is 9.90. The molecule has 3 amide bonds. The highest BCUT2D eigenvalue weighted by Gasteiger charge is 2.59. The number of nitrogens with one attached hydrogen (secondary N) is 1. The Kier molecular flexibility index (Phi) is 5.64. The number of esters is 1. The second kappa shape index (κ2) is 8.51. The number of fused-ring (bicyclic) bond motifs is 5. The van der Waals surface area contributed by atoms with Gasteiger partial charge in [0, 0.05) is 10.2 Å². The third kappa shape index (κ3) is 3.76. The van der Waals surface area contributed by atoms with E-state index < -0.39 is 18.5 Å². The predicted molar refractivity (Wildman–Crippen MR) is 129 cm³/mol. The first-order valence-electron chi connectivity index (χ1n) is 11.1. The monoisotopic (exact) mass is 522 g/mol. The lowest BCUT2D eigenvalue weighted by atomic mass is 9.85. The van der Waals surface area contributed by atoms with Gasteiger partial charge in [-0.2, -0.15) is 0 Å². The molecule has 5 rings (SSSR count). The summed E-state index contributed by atoms with van der Waals surface area (Å²) in [6.07, 6.45) is 4.98. The number of carbonyl (C=O) groups is 4. The Morgan fingerprint density at radius 3 is 2.12 bits per heavy atom. The first-order chi connectivity index (χ1) is 16.2. The molecule has 0 spiro atoms. The quantitative estimate of drug-likeness (QED) is 0.361. The fraction of sp³-hybridized carbons (Fsp3) is 0.308. The number of benzene rings is 2. The van der Waals surface area contributed by atoms with Gasteiger partial charge in [0.15, 0.2) is 6.61 Å². The van der Waals surface area contributed by atoms with E-state index in [2.05, 4.69) is 33.4 Å². The van der Waals surface area contributed by atoms with Crippen LogP contribution >= 0.6 is 15.9 Å². The lowest BCUT2D eigenvalue weighted by Gasteiger charge is -2.17. The van der Waals surface area contributed by atoms with E-state index in [1.165, 1.54) is 17.0 Å². The van der Waals surface area contributed by atoms with Crippen LogP contribution in [0, 0.1) is 37.5 Å². The molecule has 1 saturated heterocycles. The summed E-state index contributed by atoms with van der Waals surface area (Å²) < 4.78 is 6.11. The van der Waals surface area contributed by atoms with Crippen LogP contribution < -0.4 is 10.2 Å². The molecule has 7 nitrogen and oxygen atoms in total. The van der Waals surface area contributed by atoms with Crippen LogP contribution in [-0.2, 0) is 19.1 Å². The van der Waals surface area contributed by atoms with E-state index >= 15 is 0 Å². The molecule has 1 heterocycles. The van der Waals surface area contributed by atoms with Gasteiger partial charge in [0.2, 0.25) is 11.8 Å². The molecule has 174 valence electrons. The molecule has 2 fully saturated rings. The summed E-state index contributed by atoms with van der Waals surface area (Å²) in [6, 6.07) is 9.78. The Bertz CT molecular complexity index is 1200. The standard InChI is InChI=1S/C26H23BrN2O5/c1-13-9-18(10-14(2)23(13)27)28-20(30)12-34-26(33)15-5-7-19(8-6-15)29-24(31)21-16-3-4-17(11-16)22(21)25(29)32/h3-10,16-17,21-22H,11-12H2,1-2H3,(H,28,30)/t16-,17-,21-,22+/m0/s1. The zero-order valence-electron chi connectivity index (χ0n) is 18.7. The molecule has 2 aromatic carbocycles. The van der Waals surface area contributed by atoms with Crippen molar-refractivity contribution in [1.82, 2.24) is 0 Å². The highest BCUT2D eigenvalue weighted by atomic mass is 79.9. The van der Waals surface area contributed by atoms with Crippen LogP contribution in [0.15, 0.2) is 53.0 Å². The van der Waals surface area contributed by atoms with E-state index in [4.69, 9.17) is 4.74 Å². The zero-order chi connectivity index (χ0) is 24.1. The molecular formula is C26H23BrN2O5. The summed E-state index contributed by atoms with van der Waals surface area (Å²) in [5.41, 5.74) is 3.26. The number of halogens is 1. The smallest absolute Gasteiger partial charge is 0.338 e. The van der Waals surface area contributed by atoms with Crippen molar-refractivity contribution in [3.8, 4) is 0 Å². The van der Waals surface area contributed by atoms with Crippen LogP contribution in [-0.4, -0.2) is 30.3 Å². The molecule has 1 saturated carbocycles. The highest BCUT2D eigenvalue weighted by molar-refractivity contribution is 9.10. The van der Waals surface area contributed by atoms with E-state index in [1.807, 2.05) is 26.0 Å². The SMILES string of the molecule is Cc1cc(NC(=O)COC(=O)c2ccc(N3C(=O)[C@@H]4[C@H](C3=O)[C@H]3C=C[C@H]4C3)cc2)cc(C)c1Br. The minimum atomic E-state index is -0.664. The fourth-order valence-electron chi connectivity index (χ4n) is 5.33. The summed E-state index contributed by atoms with van der Waals surface area (Å²) in [6.45, 7) is 3.41. The molecule has 0 unspecified atom stereocenters. The minimum Gasteiger partial charge on any atom is -0.452 e. The molecular weight excluding hydrogens is 500 g/mol. The van der Waals surface area contributed by atoms with Gasteiger partial charge < -0.3 is 10.1 Å². The number of hydrogen-bond acceptors (Lipinski definition) is 5. The molecule has 0 aromatic heterocycles. The summed E-state index contributed by atoms with van der Waals surface area (Å²) in [5, 5.41) is 2.72. The van der Waals surface area contributed by atoms with Crippen molar-refractivity contribution in [1.29, 1.82) is 0 Å². The van der Waals surface area contributed by atoms with E-state index in [-0.39, 0.29) is 41.0 Å². The van der Waals surface area contributed by atoms with Crippen LogP contribution in [0.5, 0.6) is 0 Å². The molecule has 1 aliphatic heterocycles. The van der Waals surface area contributed by atoms with E-state index in [9.17, 15) is 19.2 Å². The van der Waals surface area contributed by atoms with Crippen molar-refractivity contribution in [3.05, 3.63) is 69.7 Å². The average molecular weight is 523 g/mol. The van der Waals surface area contributed by atoms with Crippen molar-refractivity contribution in [2.24, 2.45) is 23.7 Å². The Morgan fingerprint density at radius 2 is 1.56 bits per heavy atom. The Balaban J connectivity index is 1.20. The van der Waals surface area contributed by atoms with Crippen LogP contribution in [0.2, 0.25) is 0 Å². The fourth-order valence-corrected chi connectivity index (χ4v) is 5.56. The third-order valence-electron chi connectivity index (χ3n) is 6.89. The molecule has 0 radical (unpaired) electrons. The number of hydrogen-bond donors (Lipinski definition) is 1. The van der Waals surface area contributed by atoms with Gasteiger partial charge >= 0.3 is 5.97 Å². The third-order valence-corrected chi connectivity index (χ3v) is 8.14. The number of ether oxygens (including phenoxy) is 1. The normalized spacial score (nSPS) is 24.5. The molecule has 1 N–H and O–H groups in total. The largest absolute Gasteiger partial charge is 0.452 e. The van der Waals surface area contributed by atoms with Gasteiger partial charge in [0.25, 0.3) is 5.91 Å². The molecule has 2 aliphatic carbocycles. The highest BCUT2D eigenvalue weighted by Crippen LogP contribution is 2.53. The van der Waals surface area contributed by atoms with Gasteiger partial charge in [-0.3, -0.25) is 19.3 Å². The van der Waals surface area contributed by atoms with Gasteiger partial charge in [0.05, 0.1) is 23.1 Å². The summed E-state index contributed by atoms with van der Waals surface area (Å²) in [5.74, 6) is -1.72. The van der Waals surface area contributed by atoms with Crippen LogP contribution in [0.25, 0.3) is 0 Å². The molecule has 4 atom stereocenters. The molecule has 3 aliphatic rings. The lowest BCUT2D eigenvalue weighted by molar-refractivity contribution is -0.123. The van der Waals surface area contributed by atoms with Crippen LogP contribution in [0.3, 0.4) is 0 Å². The number of rotatable bonds is 5. The maximum Gasteiger partial charge on any atom is 0.338 e.